The van der Waals surface area contributed by atoms with Crippen LogP contribution >= 0.6 is 0 Å². The number of benzene rings is 2. The SMILES string of the molecule is CON(C)C(=O)[C@@H]1C=C[C@@H](COCc2ccccc2)N1C(=O)OCc1ccccc1. The number of carbonyl (C=O) groups excluding carboxylic acids is 2. The highest BCUT2D eigenvalue weighted by Crippen LogP contribution is 2.21. The van der Waals surface area contributed by atoms with Crippen LogP contribution in [-0.2, 0) is 32.3 Å². The summed E-state index contributed by atoms with van der Waals surface area (Å²) in [7, 11) is 2.90. The van der Waals surface area contributed by atoms with Crippen LogP contribution in [0.2, 0.25) is 0 Å². The summed E-state index contributed by atoms with van der Waals surface area (Å²) in [4.78, 5) is 31.9. The van der Waals surface area contributed by atoms with Gasteiger partial charge in [-0.05, 0) is 11.1 Å². The van der Waals surface area contributed by atoms with Crippen LogP contribution in [0.1, 0.15) is 11.1 Å². The van der Waals surface area contributed by atoms with E-state index >= 15 is 0 Å². The molecular formula is C23H26N2O5. The second-order valence-corrected chi connectivity index (χ2v) is 6.86. The van der Waals surface area contributed by atoms with Gasteiger partial charge in [-0.3, -0.25) is 14.5 Å². The summed E-state index contributed by atoms with van der Waals surface area (Å²) in [5.41, 5.74) is 1.90. The molecule has 0 N–H and O–H groups in total. The van der Waals surface area contributed by atoms with E-state index in [2.05, 4.69) is 0 Å². The second kappa shape index (κ2) is 10.6. The highest BCUT2D eigenvalue weighted by Gasteiger charge is 2.39. The average molecular weight is 410 g/mol. The predicted octanol–water partition coefficient (Wildman–Crippen LogP) is 3.17. The van der Waals surface area contributed by atoms with Crippen molar-refractivity contribution < 1.29 is 23.9 Å². The molecule has 7 heteroatoms. The van der Waals surface area contributed by atoms with Gasteiger partial charge in [-0.2, -0.15) is 0 Å². The van der Waals surface area contributed by atoms with Crippen LogP contribution in [0.15, 0.2) is 72.8 Å². The number of likely N-dealkylation sites (N-methyl/N-ethyl adjacent to an activating group) is 1. The first-order valence-corrected chi connectivity index (χ1v) is 9.71. The number of hydrogen-bond donors (Lipinski definition) is 0. The van der Waals surface area contributed by atoms with Crippen molar-refractivity contribution in [1.29, 1.82) is 0 Å². The molecule has 1 aliphatic rings. The van der Waals surface area contributed by atoms with E-state index in [4.69, 9.17) is 14.3 Å². The Morgan fingerprint density at radius 2 is 1.53 bits per heavy atom. The van der Waals surface area contributed by atoms with Crippen LogP contribution in [0, 0.1) is 0 Å². The van der Waals surface area contributed by atoms with Crippen LogP contribution in [0.3, 0.4) is 0 Å². The van der Waals surface area contributed by atoms with E-state index in [1.54, 1.807) is 12.2 Å². The first-order valence-electron chi connectivity index (χ1n) is 9.71. The molecule has 0 aliphatic carbocycles. The topological polar surface area (TPSA) is 68.3 Å². The molecule has 7 nitrogen and oxygen atoms in total. The fourth-order valence-corrected chi connectivity index (χ4v) is 3.15. The minimum Gasteiger partial charge on any atom is -0.445 e. The van der Waals surface area contributed by atoms with Gasteiger partial charge in [-0.1, -0.05) is 72.8 Å². The molecule has 0 saturated heterocycles. The molecule has 0 spiro atoms. The zero-order valence-corrected chi connectivity index (χ0v) is 17.1. The van der Waals surface area contributed by atoms with Gasteiger partial charge in [0.15, 0.2) is 0 Å². The smallest absolute Gasteiger partial charge is 0.411 e. The van der Waals surface area contributed by atoms with Crippen LogP contribution in [0.25, 0.3) is 0 Å². The van der Waals surface area contributed by atoms with Crippen LogP contribution in [0.5, 0.6) is 0 Å². The lowest BCUT2D eigenvalue weighted by Gasteiger charge is -2.30. The molecule has 0 bridgehead atoms. The number of amides is 2. The molecule has 1 heterocycles. The molecule has 158 valence electrons. The Labute approximate surface area is 176 Å². The summed E-state index contributed by atoms with van der Waals surface area (Å²) in [6.45, 7) is 0.774. The molecule has 2 aromatic carbocycles. The summed E-state index contributed by atoms with van der Waals surface area (Å²) in [5.74, 6) is -0.365. The summed E-state index contributed by atoms with van der Waals surface area (Å²) in [5, 5.41) is 1.10. The lowest BCUT2D eigenvalue weighted by Crippen LogP contribution is -2.51. The highest BCUT2D eigenvalue weighted by atomic mass is 16.7. The number of rotatable bonds is 8. The second-order valence-electron chi connectivity index (χ2n) is 6.86. The maximum absolute atomic E-state index is 12.9. The Balaban J connectivity index is 1.66. The normalized spacial score (nSPS) is 17.7. The number of hydrogen-bond acceptors (Lipinski definition) is 5. The van der Waals surface area contributed by atoms with Crippen LogP contribution in [-0.4, -0.2) is 54.8 Å². The van der Waals surface area contributed by atoms with Crippen LogP contribution in [0.4, 0.5) is 4.79 Å². The summed E-state index contributed by atoms with van der Waals surface area (Å²) in [6.07, 6.45) is 2.89. The van der Waals surface area contributed by atoms with E-state index in [9.17, 15) is 9.59 Å². The molecule has 2 amide bonds. The van der Waals surface area contributed by atoms with Gasteiger partial charge in [0.2, 0.25) is 0 Å². The Kier molecular flexibility index (Phi) is 7.59. The number of hydroxylamine groups is 2. The quantitative estimate of drug-likeness (QED) is 0.494. The van der Waals surface area contributed by atoms with Crippen molar-refractivity contribution in [3.63, 3.8) is 0 Å². The van der Waals surface area contributed by atoms with E-state index < -0.39 is 18.2 Å². The van der Waals surface area contributed by atoms with Crippen molar-refractivity contribution >= 4 is 12.0 Å². The fourth-order valence-electron chi connectivity index (χ4n) is 3.15. The lowest BCUT2D eigenvalue weighted by molar-refractivity contribution is -0.172. The van der Waals surface area contributed by atoms with Crippen molar-refractivity contribution in [2.75, 3.05) is 20.8 Å². The fraction of sp³-hybridized carbons (Fsp3) is 0.304. The van der Waals surface area contributed by atoms with E-state index in [1.807, 2.05) is 60.7 Å². The molecule has 0 aromatic heterocycles. The van der Waals surface area contributed by atoms with Crippen molar-refractivity contribution in [3.05, 3.63) is 83.9 Å². The van der Waals surface area contributed by atoms with Gasteiger partial charge in [0, 0.05) is 7.05 Å². The third-order valence-corrected chi connectivity index (χ3v) is 4.83. The van der Waals surface area contributed by atoms with E-state index in [0.29, 0.717) is 6.61 Å². The maximum atomic E-state index is 12.9. The minimum absolute atomic E-state index is 0.120. The van der Waals surface area contributed by atoms with Crippen molar-refractivity contribution in [2.24, 2.45) is 0 Å². The molecule has 1 aliphatic heterocycles. The molecule has 0 unspecified atom stereocenters. The highest BCUT2D eigenvalue weighted by molar-refractivity contribution is 5.88. The average Bonchev–Trinajstić information content (AvgIpc) is 3.21. The number of carbonyl (C=O) groups is 2. The van der Waals surface area contributed by atoms with Gasteiger partial charge in [0.05, 0.1) is 26.4 Å². The molecule has 0 radical (unpaired) electrons. The van der Waals surface area contributed by atoms with Gasteiger partial charge in [0.25, 0.3) is 5.91 Å². The molecule has 2 aromatic rings. The molecule has 2 atom stereocenters. The van der Waals surface area contributed by atoms with Gasteiger partial charge < -0.3 is 9.47 Å². The molecule has 0 fully saturated rings. The van der Waals surface area contributed by atoms with Gasteiger partial charge >= 0.3 is 6.09 Å². The predicted molar refractivity (Wildman–Crippen MR) is 111 cm³/mol. The third kappa shape index (κ3) is 5.46. The Bertz CT molecular complexity index is 856. The van der Waals surface area contributed by atoms with Gasteiger partial charge in [-0.25, -0.2) is 9.86 Å². The monoisotopic (exact) mass is 410 g/mol. The minimum atomic E-state index is -0.816. The van der Waals surface area contributed by atoms with Gasteiger partial charge in [-0.15, -0.1) is 0 Å². The zero-order chi connectivity index (χ0) is 21.3. The van der Waals surface area contributed by atoms with Gasteiger partial charge in [0.1, 0.15) is 12.6 Å². The Morgan fingerprint density at radius 3 is 2.13 bits per heavy atom. The maximum Gasteiger partial charge on any atom is 0.411 e. The molecular weight excluding hydrogens is 384 g/mol. The van der Waals surface area contributed by atoms with E-state index in [1.165, 1.54) is 19.1 Å². The number of nitrogens with zero attached hydrogens (tertiary/aromatic N) is 2. The number of ether oxygens (including phenoxy) is 2. The third-order valence-electron chi connectivity index (χ3n) is 4.83. The first kappa shape index (κ1) is 21.5. The molecule has 30 heavy (non-hydrogen) atoms. The summed E-state index contributed by atoms with van der Waals surface area (Å²) < 4.78 is 11.3. The van der Waals surface area contributed by atoms with Crippen LogP contribution < -0.4 is 0 Å². The zero-order valence-electron chi connectivity index (χ0n) is 17.1. The van der Waals surface area contributed by atoms with E-state index in [-0.39, 0.29) is 19.1 Å². The molecule has 3 rings (SSSR count). The van der Waals surface area contributed by atoms with E-state index in [0.717, 1.165) is 16.2 Å². The van der Waals surface area contributed by atoms with Crippen molar-refractivity contribution in [1.82, 2.24) is 9.96 Å². The first-order chi connectivity index (χ1) is 14.6. The summed E-state index contributed by atoms with van der Waals surface area (Å²) >= 11 is 0. The van der Waals surface area contributed by atoms with Crippen molar-refractivity contribution in [3.8, 4) is 0 Å². The lowest BCUT2D eigenvalue weighted by atomic mass is 10.2. The Hall–Kier alpha value is -3.16. The standard InChI is InChI=1S/C23H26N2O5/c1-24(28-2)22(26)21-14-13-20(17-29-15-18-9-5-3-6-10-18)25(21)23(27)30-16-19-11-7-4-8-12-19/h3-14,20-21H,15-17H2,1-2H3/t20-,21-/m0/s1. The van der Waals surface area contributed by atoms with Crippen molar-refractivity contribution in [2.45, 2.75) is 25.3 Å². The summed E-state index contributed by atoms with van der Waals surface area (Å²) in [6, 6.07) is 17.9. The Morgan fingerprint density at radius 1 is 0.933 bits per heavy atom. The molecule has 0 saturated carbocycles. The largest absolute Gasteiger partial charge is 0.445 e.